The van der Waals surface area contributed by atoms with Crippen molar-refractivity contribution in [3.8, 4) is 11.5 Å². The van der Waals surface area contributed by atoms with Gasteiger partial charge in [0.05, 0.1) is 7.11 Å². The van der Waals surface area contributed by atoms with Gasteiger partial charge >= 0.3 is 0 Å². The zero-order valence-electron chi connectivity index (χ0n) is 17.4. The second-order valence-electron chi connectivity index (χ2n) is 9.31. The lowest BCUT2D eigenvalue weighted by molar-refractivity contribution is -0.0142. The number of benzene rings is 2. The summed E-state index contributed by atoms with van der Waals surface area (Å²) in [5, 5.41) is 3.88. The Bertz CT molecular complexity index is 890. The number of halogens is 2. The molecule has 5 heteroatoms. The molecule has 0 heterocycles. The van der Waals surface area contributed by atoms with Crippen LogP contribution in [0.25, 0.3) is 0 Å². The van der Waals surface area contributed by atoms with E-state index in [1.54, 1.807) is 19.2 Å². The van der Waals surface area contributed by atoms with Crippen LogP contribution in [-0.4, -0.2) is 13.2 Å². The molecule has 4 aliphatic carbocycles. The number of nitrogens with one attached hydrogen (secondary N) is 1. The highest BCUT2D eigenvalue weighted by atomic mass is 79.9. The Kier molecular flexibility index (Phi) is 5.76. The van der Waals surface area contributed by atoms with Crippen molar-refractivity contribution in [3.05, 3.63) is 57.8 Å². The van der Waals surface area contributed by atoms with Crippen LogP contribution in [0.15, 0.2) is 40.9 Å². The van der Waals surface area contributed by atoms with E-state index >= 15 is 0 Å². The van der Waals surface area contributed by atoms with Gasteiger partial charge in [0, 0.05) is 22.6 Å². The van der Waals surface area contributed by atoms with Crippen molar-refractivity contribution in [1.29, 1.82) is 0 Å². The fourth-order valence-electron chi connectivity index (χ4n) is 6.24. The molecule has 0 aromatic heterocycles. The van der Waals surface area contributed by atoms with E-state index in [2.05, 4.69) is 21.2 Å². The van der Waals surface area contributed by atoms with Crippen LogP contribution in [0.5, 0.6) is 11.5 Å². The first kappa shape index (κ1) is 20.3. The molecule has 2 aromatic carbocycles. The summed E-state index contributed by atoms with van der Waals surface area (Å²) in [6.45, 7) is 0.984. The SMILES string of the molecule is COc1cc(CNC2C3CC4CC(C3)CC2C4)c(Br)cc1OCc1ccccc1F. The number of methoxy groups -OCH3 is 1. The van der Waals surface area contributed by atoms with Gasteiger partial charge in [-0.05, 0) is 79.5 Å². The monoisotopic (exact) mass is 473 g/mol. The maximum atomic E-state index is 13.9. The van der Waals surface area contributed by atoms with Crippen molar-refractivity contribution in [2.24, 2.45) is 23.7 Å². The van der Waals surface area contributed by atoms with Crippen molar-refractivity contribution in [2.45, 2.75) is 51.3 Å². The lowest BCUT2D eigenvalue weighted by Crippen LogP contribution is -2.54. The molecule has 4 fully saturated rings. The molecule has 0 unspecified atom stereocenters. The van der Waals surface area contributed by atoms with Crippen molar-refractivity contribution in [1.82, 2.24) is 5.32 Å². The van der Waals surface area contributed by atoms with Crippen molar-refractivity contribution in [3.63, 3.8) is 0 Å². The lowest BCUT2D eigenvalue weighted by atomic mass is 9.54. The van der Waals surface area contributed by atoms with E-state index in [-0.39, 0.29) is 12.4 Å². The number of hydrogen-bond acceptors (Lipinski definition) is 3. The molecule has 0 saturated heterocycles. The fourth-order valence-corrected chi connectivity index (χ4v) is 6.70. The highest BCUT2D eigenvalue weighted by Gasteiger charge is 2.47. The zero-order chi connectivity index (χ0) is 20.7. The summed E-state index contributed by atoms with van der Waals surface area (Å²) in [6.07, 6.45) is 7.14. The molecular formula is C25H29BrFNO2. The molecule has 30 heavy (non-hydrogen) atoms. The third-order valence-electron chi connectivity index (χ3n) is 7.43. The predicted molar refractivity (Wildman–Crippen MR) is 119 cm³/mol. The molecule has 0 amide bonds. The molecule has 4 bridgehead atoms. The average Bonchev–Trinajstić information content (AvgIpc) is 2.73. The average molecular weight is 474 g/mol. The molecule has 4 saturated carbocycles. The minimum atomic E-state index is -0.257. The van der Waals surface area contributed by atoms with E-state index < -0.39 is 0 Å². The quantitative estimate of drug-likeness (QED) is 0.527. The largest absolute Gasteiger partial charge is 0.493 e. The standard InChI is InChI=1S/C25H29BrFNO2/c1-29-23-11-20(13-28-25-18-7-15-6-16(9-18)10-19(25)8-15)21(26)12-24(23)30-14-17-4-2-3-5-22(17)27/h2-5,11-12,15-16,18-19,25,28H,6-10,13-14H2,1H3. The molecule has 2 aromatic rings. The van der Waals surface area contributed by atoms with Gasteiger partial charge in [0.15, 0.2) is 11.5 Å². The third kappa shape index (κ3) is 3.99. The maximum Gasteiger partial charge on any atom is 0.162 e. The van der Waals surface area contributed by atoms with E-state index in [9.17, 15) is 4.39 Å². The second-order valence-corrected chi connectivity index (χ2v) is 10.2. The smallest absolute Gasteiger partial charge is 0.162 e. The normalized spacial score (nSPS) is 29.2. The first-order valence-electron chi connectivity index (χ1n) is 11.1. The van der Waals surface area contributed by atoms with Gasteiger partial charge in [-0.25, -0.2) is 4.39 Å². The van der Waals surface area contributed by atoms with Gasteiger partial charge in [-0.1, -0.05) is 34.1 Å². The van der Waals surface area contributed by atoms with Crippen LogP contribution in [0, 0.1) is 29.5 Å². The van der Waals surface area contributed by atoms with Crippen LogP contribution in [0.4, 0.5) is 4.39 Å². The molecule has 0 atom stereocenters. The summed E-state index contributed by atoms with van der Waals surface area (Å²) < 4.78 is 26.3. The maximum absolute atomic E-state index is 13.9. The third-order valence-corrected chi connectivity index (χ3v) is 8.17. The summed E-state index contributed by atoms with van der Waals surface area (Å²) in [5.74, 6) is 4.72. The zero-order valence-corrected chi connectivity index (χ0v) is 19.0. The van der Waals surface area contributed by atoms with Gasteiger partial charge in [-0.2, -0.15) is 0 Å². The Morgan fingerprint density at radius 3 is 2.33 bits per heavy atom. The van der Waals surface area contributed by atoms with Gasteiger partial charge in [0.25, 0.3) is 0 Å². The first-order valence-corrected chi connectivity index (χ1v) is 11.9. The van der Waals surface area contributed by atoms with E-state index in [1.165, 1.54) is 43.7 Å². The van der Waals surface area contributed by atoms with E-state index in [1.807, 2.05) is 18.2 Å². The number of ether oxygens (including phenoxy) is 2. The molecule has 0 aliphatic heterocycles. The predicted octanol–water partition coefficient (Wildman–Crippen LogP) is 6.09. The van der Waals surface area contributed by atoms with Gasteiger partial charge in [0.1, 0.15) is 12.4 Å². The van der Waals surface area contributed by atoms with E-state index in [4.69, 9.17) is 9.47 Å². The highest BCUT2D eigenvalue weighted by Crippen LogP contribution is 2.53. The molecular weight excluding hydrogens is 445 g/mol. The topological polar surface area (TPSA) is 30.5 Å². The molecule has 6 rings (SSSR count). The minimum absolute atomic E-state index is 0.167. The first-order chi connectivity index (χ1) is 14.6. The van der Waals surface area contributed by atoms with E-state index in [0.717, 1.165) is 34.7 Å². The van der Waals surface area contributed by atoms with Crippen LogP contribution in [-0.2, 0) is 13.2 Å². The number of rotatable bonds is 7. The second kappa shape index (κ2) is 8.51. The van der Waals surface area contributed by atoms with Gasteiger partial charge in [-0.15, -0.1) is 0 Å². The summed E-state index contributed by atoms with van der Waals surface area (Å²) in [6, 6.07) is 11.3. The van der Waals surface area contributed by atoms with Crippen LogP contribution in [0.1, 0.15) is 43.2 Å². The lowest BCUT2D eigenvalue weighted by Gasteiger charge is -2.54. The van der Waals surface area contributed by atoms with Gasteiger partial charge in [-0.3, -0.25) is 0 Å². The van der Waals surface area contributed by atoms with Gasteiger partial charge < -0.3 is 14.8 Å². The molecule has 1 N–H and O–H groups in total. The number of hydrogen-bond donors (Lipinski definition) is 1. The van der Waals surface area contributed by atoms with Crippen LogP contribution in [0.3, 0.4) is 0 Å². The fraction of sp³-hybridized carbons (Fsp3) is 0.520. The van der Waals surface area contributed by atoms with Crippen molar-refractivity contribution in [2.75, 3.05) is 7.11 Å². The summed E-state index contributed by atoms with van der Waals surface area (Å²) >= 11 is 3.70. The van der Waals surface area contributed by atoms with Gasteiger partial charge in [0.2, 0.25) is 0 Å². The summed E-state index contributed by atoms with van der Waals surface area (Å²) in [7, 11) is 1.65. The van der Waals surface area contributed by atoms with Crippen LogP contribution < -0.4 is 14.8 Å². The Morgan fingerprint density at radius 1 is 0.967 bits per heavy atom. The Labute approximate surface area is 186 Å². The molecule has 0 spiro atoms. The Balaban J connectivity index is 1.26. The van der Waals surface area contributed by atoms with Crippen LogP contribution in [0.2, 0.25) is 0 Å². The molecule has 4 aliphatic rings. The molecule has 0 radical (unpaired) electrons. The minimum Gasteiger partial charge on any atom is -0.493 e. The summed E-state index contributed by atoms with van der Waals surface area (Å²) in [5.41, 5.74) is 1.70. The highest BCUT2D eigenvalue weighted by molar-refractivity contribution is 9.10. The van der Waals surface area contributed by atoms with Crippen LogP contribution >= 0.6 is 15.9 Å². The van der Waals surface area contributed by atoms with Crippen molar-refractivity contribution < 1.29 is 13.9 Å². The Hall–Kier alpha value is -1.59. The Morgan fingerprint density at radius 2 is 1.67 bits per heavy atom. The molecule has 3 nitrogen and oxygen atoms in total. The summed E-state index contributed by atoms with van der Waals surface area (Å²) in [4.78, 5) is 0. The van der Waals surface area contributed by atoms with E-state index in [0.29, 0.717) is 23.1 Å². The molecule has 160 valence electrons. The van der Waals surface area contributed by atoms with Crippen molar-refractivity contribution >= 4 is 15.9 Å².